The zero-order valence-corrected chi connectivity index (χ0v) is 7.27. The summed E-state index contributed by atoms with van der Waals surface area (Å²) in [7, 11) is 0.778. The zero-order valence-electron chi connectivity index (χ0n) is 6.11. The summed E-state index contributed by atoms with van der Waals surface area (Å²) in [5, 5.41) is 0. The Labute approximate surface area is 54.8 Å². The third-order valence-corrected chi connectivity index (χ3v) is 2.33. The van der Waals surface area contributed by atoms with Crippen molar-refractivity contribution in [1.29, 1.82) is 0 Å². The highest BCUT2D eigenvalue weighted by Crippen LogP contribution is 2.08. The standard InChI is InChI=1S/C7H17P/c1-3-4-5-6-7-8-2/h8H,3-7H2,1-2H3/p+1. The quantitative estimate of drug-likeness (QED) is 0.399. The van der Waals surface area contributed by atoms with Crippen LogP contribution in [0.1, 0.15) is 32.6 Å². The summed E-state index contributed by atoms with van der Waals surface area (Å²) in [6, 6.07) is 0. The molecule has 1 unspecified atom stereocenters. The van der Waals surface area contributed by atoms with E-state index in [-0.39, 0.29) is 0 Å². The summed E-state index contributed by atoms with van der Waals surface area (Å²) in [5.74, 6) is 0. The van der Waals surface area contributed by atoms with Crippen molar-refractivity contribution >= 4 is 8.58 Å². The fourth-order valence-corrected chi connectivity index (χ4v) is 1.47. The van der Waals surface area contributed by atoms with E-state index in [1.54, 1.807) is 0 Å². The molecule has 0 rings (SSSR count). The van der Waals surface area contributed by atoms with E-state index in [0.717, 1.165) is 8.58 Å². The first-order valence-electron chi connectivity index (χ1n) is 3.69. The van der Waals surface area contributed by atoms with Gasteiger partial charge in [0.2, 0.25) is 0 Å². The fourth-order valence-electron chi connectivity index (χ4n) is 0.775. The van der Waals surface area contributed by atoms with Gasteiger partial charge in [-0.25, -0.2) is 0 Å². The minimum absolute atomic E-state index is 0.778. The molecule has 0 radical (unpaired) electrons. The zero-order chi connectivity index (χ0) is 6.24. The molecule has 0 nitrogen and oxygen atoms in total. The van der Waals surface area contributed by atoms with Gasteiger partial charge in [-0.3, -0.25) is 0 Å². The van der Waals surface area contributed by atoms with E-state index in [1.165, 1.54) is 31.8 Å². The average molecular weight is 133 g/mol. The Morgan fingerprint density at radius 3 is 2.38 bits per heavy atom. The largest absolute Gasteiger partial charge is 0.0654 e. The lowest BCUT2D eigenvalue weighted by Gasteiger charge is -1.90. The molecule has 0 aromatic heterocycles. The van der Waals surface area contributed by atoms with Crippen LogP contribution >= 0.6 is 8.58 Å². The molecule has 1 heteroatoms. The van der Waals surface area contributed by atoms with E-state index in [9.17, 15) is 0 Å². The first-order valence-corrected chi connectivity index (χ1v) is 5.66. The van der Waals surface area contributed by atoms with E-state index >= 15 is 0 Å². The highest BCUT2D eigenvalue weighted by molar-refractivity contribution is 7.36. The SMILES string of the molecule is CCCCCC[PH2+]C. The molecular formula is C7H18P+. The summed E-state index contributed by atoms with van der Waals surface area (Å²) in [5.41, 5.74) is 0. The van der Waals surface area contributed by atoms with Crippen molar-refractivity contribution in [3.05, 3.63) is 0 Å². The molecule has 0 bridgehead atoms. The topological polar surface area (TPSA) is 0 Å². The molecule has 50 valence electrons. The molecule has 0 heterocycles. The third-order valence-electron chi connectivity index (χ3n) is 1.35. The molecule has 0 saturated heterocycles. The van der Waals surface area contributed by atoms with Crippen LogP contribution in [0.25, 0.3) is 0 Å². The predicted molar refractivity (Wildman–Crippen MR) is 44.6 cm³/mol. The van der Waals surface area contributed by atoms with Gasteiger partial charge in [-0.15, -0.1) is 0 Å². The highest BCUT2D eigenvalue weighted by atomic mass is 31.1. The smallest absolute Gasteiger partial charge is 0.0546 e. The lowest BCUT2D eigenvalue weighted by molar-refractivity contribution is 0.706. The van der Waals surface area contributed by atoms with Crippen LogP contribution < -0.4 is 0 Å². The summed E-state index contributed by atoms with van der Waals surface area (Å²) in [6.45, 7) is 4.60. The maximum Gasteiger partial charge on any atom is 0.0546 e. The van der Waals surface area contributed by atoms with Gasteiger partial charge in [0.05, 0.1) is 6.16 Å². The number of unbranched alkanes of at least 4 members (excludes halogenated alkanes) is 3. The fraction of sp³-hybridized carbons (Fsp3) is 1.00. The van der Waals surface area contributed by atoms with E-state index < -0.39 is 0 Å². The van der Waals surface area contributed by atoms with E-state index in [2.05, 4.69) is 13.6 Å². The van der Waals surface area contributed by atoms with Crippen molar-refractivity contribution in [2.75, 3.05) is 12.8 Å². The van der Waals surface area contributed by atoms with Crippen LogP contribution in [0.15, 0.2) is 0 Å². The first-order chi connectivity index (χ1) is 3.91. The second kappa shape index (κ2) is 7.43. The Kier molecular flexibility index (Phi) is 7.83. The summed E-state index contributed by atoms with van der Waals surface area (Å²) >= 11 is 0. The number of hydrogen-bond acceptors (Lipinski definition) is 0. The van der Waals surface area contributed by atoms with Crippen LogP contribution in [0.3, 0.4) is 0 Å². The Hall–Kier alpha value is 0.430. The lowest BCUT2D eigenvalue weighted by Crippen LogP contribution is -1.76. The summed E-state index contributed by atoms with van der Waals surface area (Å²) < 4.78 is 0. The molecule has 0 aliphatic carbocycles. The monoisotopic (exact) mass is 133 g/mol. The molecule has 8 heavy (non-hydrogen) atoms. The van der Waals surface area contributed by atoms with Gasteiger partial charge in [0, 0.05) is 6.66 Å². The van der Waals surface area contributed by atoms with E-state index in [1.807, 2.05) is 0 Å². The molecule has 0 N–H and O–H groups in total. The highest BCUT2D eigenvalue weighted by Gasteiger charge is 1.86. The maximum absolute atomic E-state index is 2.34. The molecule has 0 aliphatic rings. The molecular weight excluding hydrogens is 115 g/mol. The van der Waals surface area contributed by atoms with Gasteiger partial charge in [-0.1, -0.05) is 19.8 Å². The molecule has 0 fully saturated rings. The predicted octanol–water partition coefficient (Wildman–Crippen LogP) is 2.61. The van der Waals surface area contributed by atoms with Gasteiger partial charge in [-0.05, 0) is 21.4 Å². The van der Waals surface area contributed by atoms with Crippen LogP contribution in [0.2, 0.25) is 0 Å². The van der Waals surface area contributed by atoms with Crippen molar-refractivity contribution in [3.63, 3.8) is 0 Å². The second-order valence-electron chi connectivity index (χ2n) is 2.26. The first kappa shape index (κ1) is 8.43. The number of hydrogen-bond donors (Lipinski definition) is 0. The summed E-state index contributed by atoms with van der Waals surface area (Å²) in [4.78, 5) is 0. The minimum Gasteiger partial charge on any atom is -0.0654 e. The second-order valence-corrected chi connectivity index (χ2v) is 3.65. The lowest BCUT2D eigenvalue weighted by atomic mass is 10.2. The Bertz CT molecular complexity index is 29.4. The molecule has 0 spiro atoms. The van der Waals surface area contributed by atoms with Gasteiger partial charge >= 0.3 is 0 Å². The van der Waals surface area contributed by atoms with Crippen LogP contribution in [-0.2, 0) is 0 Å². The normalized spacial score (nSPS) is 11.2. The van der Waals surface area contributed by atoms with Crippen LogP contribution in [0.4, 0.5) is 0 Å². The van der Waals surface area contributed by atoms with Crippen molar-refractivity contribution in [1.82, 2.24) is 0 Å². The summed E-state index contributed by atoms with van der Waals surface area (Å²) in [6.07, 6.45) is 7.29. The van der Waals surface area contributed by atoms with E-state index in [0.29, 0.717) is 0 Å². The van der Waals surface area contributed by atoms with Gasteiger partial charge in [-0.2, -0.15) is 0 Å². The van der Waals surface area contributed by atoms with Crippen LogP contribution in [0.5, 0.6) is 0 Å². The van der Waals surface area contributed by atoms with Gasteiger partial charge < -0.3 is 0 Å². The Balaban J connectivity index is 2.53. The molecule has 0 aliphatic heterocycles. The van der Waals surface area contributed by atoms with Gasteiger partial charge in [0.25, 0.3) is 0 Å². The minimum atomic E-state index is 0.778. The van der Waals surface area contributed by atoms with Crippen molar-refractivity contribution in [2.45, 2.75) is 32.6 Å². The van der Waals surface area contributed by atoms with Crippen molar-refractivity contribution in [2.24, 2.45) is 0 Å². The molecule has 1 atom stereocenters. The molecule has 0 aromatic rings. The van der Waals surface area contributed by atoms with Crippen LogP contribution in [0, 0.1) is 0 Å². The molecule has 0 saturated carbocycles. The van der Waals surface area contributed by atoms with Crippen LogP contribution in [-0.4, -0.2) is 12.8 Å². The molecule has 0 aromatic carbocycles. The van der Waals surface area contributed by atoms with Gasteiger partial charge in [0.15, 0.2) is 0 Å². The third kappa shape index (κ3) is 6.43. The number of rotatable bonds is 5. The van der Waals surface area contributed by atoms with Crippen molar-refractivity contribution < 1.29 is 0 Å². The van der Waals surface area contributed by atoms with Crippen molar-refractivity contribution in [3.8, 4) is 0 Å². The Morgan fingerprint density at radius 2 is 1.88 bits per heavy atom. The maximum atomic E-state index is 2.34. The average Bonchev–Trinajstić information content (AvgIpc) is 1.81. The molecule has 0 amide bonds. The Morgan fingerprint density at radius 1 is 1.12 bits per heavy atom. The van der Waals surface area contributed by atoms with E-state index in [4.69, 9.17) is 0 Å². The van der Waals surface area contributed by atoms with Gasteiger partial charge in [0.1, 0.15) is 0 Å².